The van der Waals surface area contributed by atoms with Crippen molar-refractivity contribution in [2.24, 2.45) is 0 Å². The molecule has 2 heterocycles. The van der Waals surface area contributed by atoms with Gasteiger partial charge in [0, 0.05) is 32.2 Å². The molecule has 1 fully saturated rings. The lowest BCUT2D eigenvalue weighted by atomic mass is 10.1. The van der Waals surface area contributed by atoms with Crippen molar-refractivity contribution in [1.29, 1.82) is 0 Å². The van der Waals surface area contributed by atoms with Gasteiger partial charge in [-0.2, -0.15) is 13.2 Å². The van der Waals surface area contributed by atoms with Gasteiger partial charge in [0.15, 0.2) is 11.5 Å². The van der Waals surface area contributed by atoms with Gasteiger partial charge in [0.2, 0.25) is 0 Å². The average Bonchev–Trinajstić information content (AvgIpc) is 2.85. The number of hydrogen-bond acceptors (Lipinski definition) is 5. The molecule has 0 unspecified atom stereocenters. The summed E-state index contributed by atoms with van der Waals surface area (Å²) in [5.41, 5.74) is -1.70. The van der Waals surface area contributed by atoms with Crippen LogP contribution < -0.4 is 10.2 Å². The van der Waals surface area contributed by atoms with Crippen LogP contribution in [-0.2, 0) is 6.18 Å². The monoisotopic (exact) mass is 491 g/mol. The van der Waals surface area contributed by atoms with E-state index in [0.717, 1.165) is 24.3 Å². The van der Waals surface area contributed by atoms with Gasteiger partial charge in [-0.15, -0.1) is 10.2 Å². The first-order valence-electron chi connectivity index (χ1n) is 10.4. The predicted molar refractivity (Wildman–Crippen MR) is 116 cm³/mol. The molecule has 0 spiro atoms. The number of carbonyl (C=O) groups excluding carboxylic acids is 2. The van der Waals surface area contributed by atoms with E-state index in [-0.39, 0.29) is 24.5 Å². The maximum atomic E-state index is 13.7. The maximum Gasteiger partial charge on any atom is 0.417 e. The second-order valence-electron chi connectivity index (χ2n) is 7.68. The maximum absolute atomic E-state index is 13.7. The number of nitrogens with zero attached hydrogens (tertiary/aromatic N) is 4. The van der Waals surface area contributed by atoms with E-state index in [4.69, 9.17) is 0 Å². The molecular formula is C23H18F5N5O2. The summed E-state index contributed by atoms with van der Waals surface area (Å²) in [4.78, 5) is 28.1. The quantitative estimate of drug-likeness (QED) is 0.559. The van der Waals surface area contributed by atoms with Crippen LogP contribution in [0.3, 0.4) is 0 Å². The lowest BCUT2D eigenvalue weighted by Crippen LogP contribution is -2.49. The summed E-state index contributed by atoms with van der Waals surface area (Å²) in [6.45, 7) is 0.916. The molecule has 1 aliphatic heterocycles. The Morgan fingerprint density at radius 2 is 1.60 bits per heavy atom. The molecule has 1 N–H and O–H groups in total. The van der Waals surface area contributed by atoms with Crippen LogP contribution >= 0.6 is 0 Å². The fourth-order valence-corrected chi connectivity index (χ4v) is 3.62. The Labute approximate surface area is 196 Å². The van der Waals surface area contributed by atoms with Gasteiger partial charge in [-0.25, -0.2) is 8.78 Å². The summed E-state index contributed by atoms with van der Waals surface area (Å²) in [6.07, 6.45) is -4.64. The Balaban J connectivity index is 1.38. The summed E-state index contributed by atoms with van der Waals surface area (Å²) in [7, 11) is 0. The number of carbonyl (C=O) groups is 2. The van der Waals surface area contributed by atoms with Gasteiger partial charge in [-0.05, 0) is 36.4 Å². The highest BCUT2D eigenvalue weighted by molar-refractivity contribution is 6.02. The molecule has 2 aromatic carbocycles. The van der Waals surface area contributed by atoms with Crippen molar-refractivity contribution in [1.82, 2.24) is 15.1 Å². The Hall–Kier alpha value is -4.09. The van der Waals surface area contributed by atoms with Gasteiger partial charge in [-0.1, -0.05) is 12.1 Å². The van der Waals surface area contributed by atoms with E-state index in [9.17, 15) is 31.5 Å². The van der Waals surface area contributed by atoms with Crippen LogP contribution in [0.5, 0.6) is 0 Å². The number of piperazine rings is 1. The molecule has 182 valence electrons. The Morgan fingerprint density at radius 1 is 0.886 bits per heavy atom. The molecule has 0 bridgehead atoms. The molecule has 1 aliphatic rings. The summed E-state index contributed by atoms with van der Waals surface area (Å²) < 4.78 is 66.5. The van der Waals surface area contributed by atoms with Gasteiger partial charge in [0.05, 0.1) is 16.8 Å². The zero-order chi connectivity index (χ0) is 25.2. The highest BCUT2D eigenvalue weighted by Crippen LogP contribution is 2.32. The molecule has 0 saturated carbocycles. The number of benzene rings is 2. The van der Waals surface area contributed by atoms with Crippen LogP contribution in [-0.4, -0.2) is 53.1 Å². The van der Waals surface area contributed by atoms with E-state index in [1.54, 1.807) is 4.90 Å². The summed E-state index contributed by atoms with van der Waals surface area (Å²) in [5, 5.41) is 10.1. The number of anilines is 2. The molecule has 0 radical (unpaired) electrons. The molecule has 4 rings (SSSR count). The van der Waals surface area contributed by atoms with Crippen molar-refractivity contribution in [2.75, 3.05) is 36.4 Å². The minimum atomic E-state index is -4.64. The molecule has 3 aromatic rings. The van der Waals surface area contributed by atoms with Crippen molar-refractivity contribution in [3.63, 3.8) is 0 Å². The number of hydrogen-bond donors (Lipinski definition) is 1. The molecule has 0 atom stereocenters. The van der Waals surface area contributed by atoms with Gasteiger partial charge >= 0.3 is 6.18 Å². The Kier molecular flexibility index (Phi) is 6.63. The van der Waals surface area contributed by atoms with Gasteiger partial charge in [-0.3, -0.25) is 9.59 Å². The molecule has 12 heteroatoms. The zero-order valence-electron chi connectivity index (χ0n) is 18.0. The first kappa shape index (κ1) is 24.0. The SMILES string of the molecule is O=C(Nc1ccc(F)cc1F)c1ccc(N2CCN(C(=O)c3ccccc3C(F)(F)F)CC2)nn1. The van der Waals surface area contributed by atoms with E-state index in [1.807, 2.05) is 0 Å². The minimum Gasteiger partial charge on any atom is -0.352 e. The van der Waals surface area contributed by atoms with E-state index in [0.29, 0.717) is 25.0 Å². The van der Waals surface area contributed by atoms with Crippen molar-refractivity contribution in [3.8, 4) is 0 Å². The molecule has 2 amide bonds. The molecule has 0 aliphatic carbocycles. The molecule has 1 aromatic heterocycles. The number of aromatic nitrogens is 2. The van der Waals surface area contributed by atoms with E-state index < -0.39 is 40.8 Å². The normalized spacial score (nSPS) is 14.1. The number of amides is 2. The second kappa shape index (κ2) is 9.65. The first-order chi connectivity index (χ1) is 16.6. The Bertz CT molecular complexity index is 1240. The summed E-state index contributed by atoms with van der Waals surface area (Å²) in [6, 6.07) is 10.3. The van der Waals surface area contributed by atoms with Crippen molar-refractivity contribution in [2.45, 2.75) is 6.18 Å². The number of alkyl halides is 3. The highest BCUT2D eigenvalue weighted by atomic mass is 19.4. The number of rotatable bonds is 4. The third-order valence-corrected chi connectivity index (χ3v) is 5.42. The van der Waals surface area contributed by atoms with Gasteiger partial charge in [0.1, 0.15) is 11.6 Å². The molecule has 1 saturated heterocycles. The van der Waals surface area contributed by atoms with E-state index in [1.165, 1.54) is 29.2 Å². The predicted octanol–water partition coefficient (Wildman–Crippen LogP) is 3.99. The van der Waals surface area contributed by atoms with Crippen LogP contribution in [0.15, 0.2) is 54.6 Å². The molecule has 7 nitrogen and oxygen atoms in total. The topological polar surface area (TPSA) is 78.4 Å². The van der Waals surface area contributed by atoms with Crippen LogP contribution in [0, 0.1) is 11.6 Å². The highest BCUT2D eigenvalue weighted by Gasteiger charge is 2.36. The second-order valence-corrected chi connectivity index (χ2v) is 7.68. The lowest BCUT2D eigenvalue weighted by Gasteiger charge is -2.35. The third-order valence-electron chi connectivity index (χ3n) is 5.42. The molecule has 35 heavy (non-hydrogen) atoms. The van der Waals surface area contributed by atoms with Crippen molar-refractivity contribution < 1.29 is 31.5 Å². The molecular weight excluding hydrogens is 473 g/mol. The first-order valence-corrected chi connectivity index (χ1v) is 10.4. The van der Waals surface area contributed by atoms with Crippen LogP contribution in [0.1, 0.15) is 26.4 Å². The van der Waals surface area contributed by atoms with Crippen LogP contribution in [0.4, 0.5) is 33.5 Å². The summed E-state index contributed by atoms with van der Waals surface area (Å²) in [5.74, 6) is -2.77. The smallest absolute Gasteiger partial charge is 0.352 e. The van der Waals surface area contributed by atoms with Crippen molar-refractivity contribution >= 4 is 23.3 Å². The van der Waals surface area contributed by atoms with Gasteiger partial charge < -0.3 is 15.1 Å². The largest absolute Gasteiger partial charge is 0.417 e. The van der Waals surface area contributed by atoms with E-state index >= 15 is 0 Å². The van der Waals surface area contributed by atoms with Crippen LogP contribution in [0.2, 0.25) is 0 Å². The third kappa shape index (κ3) is 5.36. The fourth-order valence-electron chi connectivity index (χ4n) is 3.62. The van der Waals surface area contributed by atoms with Crippen LogP contribution in [0.25, 0.3) is 0 Å². The van der Waals surface area contributed by atoms with Crippen molar-refractivity contribution in [3.05, 3.63) is 83.1 Å². The fraction of sp³-hybridized carbons (Fsp3) is 0.217. The Morgan fingerprint density at radius 3 is 2.23 bits per heavy atom. The van der Waals surface area contributed by atoms with Gasteiger partial charge in [0.25, 0.3) is 11.8 Å². The number of halogens is 5. The average molecular weight is 491 g/mol. The standard InChI is InChI=1S/C23H18F5N5O2/c24-14-5-6-18(17(25)13-14)29-21(34)19-7-8-20(31-30-19)32-9-11-33(12-10-32)22(35)15-3-1-2-4-16(15)23(26,27)28/h1-8,13H,9-12H2,(H,29,34). The van der Waals surface area contributed by atoms with E-state index in [2.05, 4.69) is 15.5 Å². The minimum absolute atomic E-state index is 0.102. The lowest BCUT2D eigenvalue weighted by molar-refractivity contribution is -0.138. The zero-order valence-corrected chi connectivity index (χ0v) is 18.0. The summed E-state index contributed by atoms with van der Waals surface area (Å²) >= 11 is 0. The number of nitrogens with one attached hydrogen (secondary N) is 1.